The lowest BCUT2D eigenvalue weighted by molar-refractivity contribution is 0.198. The molecule has 0 aromatic heterocycles. The van der Waals surface area contributed by atoms with E-state index in [0.29, 0.717) is 24.4 Å². The zero-order chi connectivity index (χ0) is 20.2. The van der Waals surface area contributed by atoms with Crippen LogP contribution in [-0.4, -0.2) is 31.2 Å². The van der Waals surface area contributed by atoms with E-state index in [4.69, 9.17) is 10.5 Å². The predicted molar refractivity (Wildman–Crippen MR) is 109 cm³/mol. The van der Waals surface area contributed by atoms with E-state index in [0.717, 1.165) is 17.6 Å². The molecule has 6 heteroatoms. The van der Waals surface area contributed by atoms with Crippen LogP contribution in [0.25, 0.3) is 0 Å². The summed E-state index contributed by atoms with van der Waals surface area (Å²) in [4.78, 5) is 8.58. The van der Waals surface area contributed by atoms with Crippen molar-refractivity contribution in [3.63, 3.8) is 0 Å². The topological polar surface area (TPSA) is 80.2 Å². The van der Waals surface area contributed by atoms with E-state index in [2.05, 4.69) is 9.98 Å². The van der Waals surface area contributed by atoms with Crippen molar-refractivity contribution in [2.45, 2.75) is 39.7 Å². The molecule has 0 amide bonds. The van der Waals surface area contributed by atoms with E-state index < -0.39 is 6.10 Å². The Morgan fingerprint density at radius 3 is 2.70 bits per heavy atom. The van der Waals surface area contributed by atoms with Gasteiger partial charge in [0.25, 0.3) is 0 Å². The quantitative estimate of drug-likeness (QED) is 0.480. The van der Waals surface area contributed by atoms with Crippen LogP contribution in [0.1, 0.15) is 44.4 Å². The van der Waals surface area contributed by atoms with Gasteiger partial charge in [0.2, 0.25) is 5.88 Å². The first-order chi connectivity index (χ1) is 12.9. The van der Waals surface area contributed by atoms with Gasteiger partial charge in [0.15, 0.2) is 0 Å². The lowest BCUT2D eigenvalue weighted by Gasteiger charge is -2.11. The summed E-state index contributed by atoms with van der Waals surface area (Å²) in [5, 5.41) is 9.82. The van der Waals surface area contributed by atoms with Gasteiger partial charge in [0.1, 0.15) is 5.82 Å². The van der Waals surface area contributed by atoms with Gasteiger partial charge in [-0.15, -0.1) is 0 Å². The Hall–Kier alpha value is -2.47. The second-order valence-corrected chi connectivity index (χ2v) is 6.30. The number of nitrogens with zero attached hydrogens (tertiary/aromatic N) is 2. The first-order valence-electron chi connectivity index (χ1n) is 9.06. The van der Waals surface area contributed by atoms with Gasteiger partial charge in [0.05, 0.1) is 13.2 Å². The lowest BCUT2D eigenvalue weighted by Crippen LogP contribution is -2.03. The average molecular weight is 375 g/mol. The van der Waals surface area contributed by atoms with E-state index in [9.17, 15) is 9.50 Å². The molecule has 5 nitrogen and oxygen atoms in total. The number of aliphatic hydroxyl groups is 1. The Morgan fingerprint density at radius 2 is 2.11 bits per heavy atom. The molecule has 2 atom stereocenters. The van der Waals surface area contributed by atoms with Crippen LogP contribution in [-0.2, 0) is 11.2 Å². The third-order valence-electron chi connectivity index (χ3n) is 3.93. The maximum Gasteiger partial charge on any atom is 0.208 e. The van der Waals surface area contributed by atoms with Crippen LogP contribution in [0.3, 0.4) is 0 Å². The third kappa shape index (κ3) is 8.17. The molecule has 0 fully saturated rings. The Bertz CT molecular complexity index is 709. The fourth-order valence-corrected chi connectivity index (χ4v) is 2.52. The molecule has 1 aromatic carbocycles. The van der Waals surface area contributed by atoms with Gasteiger partial charge in [-0.05, 0) is 73.7 Å². The molecule has 2 unspecified atom stereocenters. The predicted octanol–water partition coefficient (Wildman–Crippen LogP) is 3.94. The molecule has 148 valence electrons. The number of aliphatic imine (C=N–C) groups is 2. The van der Waals surface area contributed by atoms with Gasteiger partial charge in [-0.3, -0.25) is 4.99 Å². The highest BCUT2D eigenvalue weighted by atomic mass is 19.1. The van der Waals surface area contributed by atoms with Crippen LogP contribution in [0.15, 0.2) is 51.9 Å². The molecule has 0 aliphatic carbocycles. The van der Waals surface area contributed by atoms with Gasteiger partial charge in [-0.25, -0.2) is 9.38 Å². The molecule has 0 heterocycles. The molecular weight excluding hydrogens is 345 g/mol. The van der Waals surface area contributed by atoms with E-state index in [1.165, 1.54) is 12.1 Å². The van der Waals surface area contributed by atoms with Crippen molar-refractivity contribution in [2.24, 2.45) is 21.6 Å². The summed E-state index contributed by atoms with van der Waals surface area (Å²) < 4.78 is 18.7. The van der Waals surface area contributed by atoms with Crippen molar-refractivity contribution in [3.05, 3.63) is 58.9 Å². The number of methoxy groups -OCH3 is 1. The smallest absolute Gasteiger partial charge is 0.208 e. The van der Waals surface area contributed by atoms with E-state index in [1.54, 1.807) is 44.8 Å². The Kier molecular flexibility index (Phi) is 10.0. The number of allylic oxidation sites excluding steroid dienone is 2. The van der Waals surface area contributed by atoms with Gasteiger partial charge in [-0.1, -0.05) is 13.0 Å². The maximum atomic E-state index is 13.4. The highest BCUT2D eigenvalue weighted by molar-refractivity contribution is 5.79. The van der Waals surface area contributed by atoms with Gasteiger partial charge >= 0.3 is 0 Å². The van der Waals surface area contributed by atoms with Crippen molar-refractivity contribution >= 4 is 12.4 Å². The summed E-state index contributed by atoms with van der Waals surface area (Å²) in [6, 6.07) is 4.40. The Balaban J connectivity index is 2.81. The summed E-state index contributed by atoms with van der Waals surface area (Å²) >= 11 is 0. The standard InChI is InChI=1S/C21H30FN3O2/c1-5-24-14-17(12-23)10-15(2)13-25-21(27-4)9-7-18-6-8-19(22)11-20(18)16(3)26/h6,8-9,11-16,26H,5,7,10,23H2,1-4H3/b17-12?,21-9+,24-14?,25-13?. The number of halogens is 1. The number of aliphatic hydroxyl groups excluding tert-OH is 1. The molecule has 1 rings (SSSR count). The molecule has 0 spiro atoms. The molecule has 0 saturated carbocycles. The van der Waals surface area contributed by atoms with Crippen molar-refractivity contribution in [2.75, 3.05) is 13.7 Å². The third-order valence-corrected chi connectivity index (χ3v) is 3.93. The van der Waals surface area contributed by atoms with Gasteiger partial charge < -0.3 is 15.6 Å². The number of hydrogen-bond donors (Lipinski definition) is 2. The monoisotopic (exact) mass is 375 g/mol. The minimum Gasteiger partial charge on any atom is -0.481 e. The Labute approximate surface area is 161 Å². The fraction of sp³-hybridized carbons (Fsp3) is 0.429. The number of rotatable bonds is 10. The average Bonchev–Trinajstić information content (AvgIpc) is 2.65. The minimum atomic E-state index is -0.745. The number of hydrogen-bond acceptors (Lipinski definition) is 5. The zero-order valence-corrected chi connectivity index (χ0v) is 16.5. The van der Waals surface area contributed by atoms with Crippen LogP contribution >= 0.6 is 0 Å². The molecule has 0 radical (unpaired) electrons. The molecular formula is C21H30FN3O2. The van der Waals surface area contributed by atoms with E-state index >= 15 is 0 Å². The zero-order valence-electron chi connectivity index (χ0n) is 16.5. The van der Waals surface area contributed by atoms with E-state index in [-0.39, 0.29) is 11.7 Å². The molecule has 0 aliphatic rings. The first kappa shape index (κ1) is 22.6. The second-order valence-electron chi connectivity index (χ2n) is 6.30. The minimum absolute atomic E-state index is 0.153. The fourth-order valence-electron chi connectivity index (χ4n) is 2.52. The lowest BCUT2D eigenvalue weighted by atomic mass is 10.0. The normalized spacial score (nSPS) is 15.5. The number of nitrogens with two attached hydrogens (primary N) is 1. The molecule has 0 bridgehead atoms. The molecule has 0 aliphatic heterocycles. The highest BCUT2D eigenvalue weighted by Gasteiger charge is 2.09. The van der Waals surface area contributed by atoms with Crippen molar-refractivity contribution in [3.8, 4) is 0 Å². The van der Waals surface area contributed by atoms with Crippen LogP contribution in [0.2, 0.25) is 0 Å². The van der Waals surface area contributed by atoms with Crippen LogP contribution in [0, 0.1) is 11.7 Å². The van der Waals surface area contributed by atoms with Crippen LogP contribution in [0.5, 0.6) is 0 Å². The molecule has 27 heavy (non-hydrogen) atoms. The second kappa shape index (κ2) is 12.0. The van der Waals surface area contributed by atoms with Crippen molar-refractivity contribution < 1.29 is 14.2 Å². The van der Waals surface area contributed by atoms with Crippen LogP contribution in [0.4, 0.5) is 4.39 Å². The molecule has 1 aromatic rings. The van der Waals surface area contributed by atoms with E-state index in [1.807, 2.05) is 13.8 Å². The molecule has 0 saturated heterocycles. The first-order valence-corrected chi connectivity index (χ1v) is 9.06. The number of ether oxygens (including phenoxy) is 1. The maximum absolute atomic E-state index is 13.4. The highest BCUT2D eigenvalue weighted by Crippen LogP contribution is 2.20. The largest absolute Gasteiger partial charge is 0.481 e. The molecule has 3 N–H and O–H groups in total. The summed E-state index contributed by atoms with van der Waals surface area (Å²) in [5.41, 5.74) is 7.96. The van der Waals surface area contributed by atoms with Gasteiger partial charge in [0, 0.05) is 19.0 Å². The summed E-state index contributed by atoms with van der Waals surface area (Å²) in [6.07, 6.45) is 7.41. The Morgan fingerprint density at radius 1 is 1.37 bits per heavy atom. The van der Waals surface area contributed by atoms with Gasteiger partial charge in [-0.2, -0.15) is 0 Å². The van der Waals surface area contributed by atoms with Crippen molar-refractivity contribution in [1.82, 2.24) is 0 Å². The van der Waals surface area contributed by atoms with Crippen LogP contribution < -0.4 is 5.73 Å². The summed E-state index contributed by atoms with van der Waals surface area (Å²) in [7, 11) is 1.55. The number of benzene rings is 1. The van der Waals surface area contributed by atoms with Crippen molar-refractivity contribution in [1.29, 1.82) is 0 Å². The summed E-state index contributed by atoms with van der Waals surface area (Å²) in [5.74, 6) is 0.247. The SMILES string of the molecule is CCN=CC(=CN)CC(C)C=N/C(=C\Cc1ccc(F)cc1C(C)O)OC. The summed E-state index contributed by atoms with van der Waals surface area (Å²) in [6.45, 7) is 6.33.